The average molecular weight is 401 g/mol. The quantitative estimate of drug-likeness (QED) is 0.520. The van der Waals surface area contributed by atoms with Gasteiger partial charge in [0, 0.05) is 21.0 Å². The third-order valence-corrected chi connectivity index (χ3v) is 5.07. The maximum atomic E-state index is 5.42. The van der Waals surface area contributed by atoms with Crippen molar-refractivity contribution >= 4 is 43.3 Å². The minimum absolute atomic E-state index is 0.518. The molecule has 0 bridgehead atoms. The number of rotatable bonds is 4. The van der Waals surface area contributed by atoms with Crippen molar-refractivity contribution in [2.75, 3.05) is 5.32 Å². The Morgan fingerprint density at radius 1 is 1.17 bits per heavy atom. The second-order valence-electron chi connectivity index (χ2n) is 5.34. The Balaban J connectivity index is 1.53. The number of anilines is 1. The van der Waals surface area contributed by atoms with Gasteiger partial charge in [0.05, 0.1) is 11.9 Å². The average Bonchev–Trinajstić information content (AvgIpc) is 3.19. The highest BCUT2D eigenvalue weighted by molar-refractivity contribution is 9.10. The van der Waals surface area contributed by atoms with Crippen molar-refractivity contribution < 1.29 is 4.52 Å². The van der Waals surface area contributed by atoms with E-state index in [0.29, 0.717) is 6.54 Å². The van der Waals surface area contributed by atoms with Gasteiger partial charge in [0.1, 0.15) is 22.7 Å². The van der Waals surface area contributed by atoms with E-state index in [4.69, 9.17) is 4.52 Å². The highest BCUT2D eigenvalue weighted by Gasteiger charge is 2.09. The van der Waals surface area contributed by atoms with Gasteiger partial charge in [-0.25, -0.2) is 9.97 Å². The molecule has 0 aliphatic rings. The molecule has 4 aromatic rings. The summed E-state index contributed by atoms with van der Waals surface area (Å²) >= 11 is 5.09. The molecule has 3 heterocycles. The number of aromatic nitrogens is 3. The fourth-order valence-corrected chi connectivity index (χ4v) is 3.55. The van der Waals surface area contributed by atoms with E-state index in [2.05, 4.69) is 49.4 Å². The van der Waals surface area contributed by atoms with Crippen molar-refractivity contribution in [3.63, 3.8) is 0 Å². The van der Waals surface area contributed by atoms with Crippen LogP contribution in [0.1, 0.15) is 10.6 Å². The summed E-state index contributed by atoms with van der Waals surface area (Å²) in [6.07, 6.45) is 1.58. The lowest BCUT2D eigenvalue weighted by atomic mass is 10.1. The van der Waals surface area contributed by atoms with Crippen molar-refractivity contribution in [3.05, 3.63) is 57.8 Å². The monoisotopic (exact) mass is 400 g/mol. The number of fused-ring (bicyclic) bond motifs is 1. The van der Waals surface area contributed by atoms with Gasteiger partial charge < -0.3 is 9.84 Å². The van der Waals surface area contributed by atoms with E-state index in [1.165, 1.54) is 4.88 Å². The molecule has 1 aromatic carbocycles. The van der Waals surface area contributed by atoms with E-state index in [1.54, 1.807) is 17.7 Å². The molecule has 0 saturated carbocycles. The standard InChI is InChI=1S/C17H13BrN4OS/c1-10-6-14-16(20-9-21-17(14)24-10)19-8-13-7-15(22-23-13)11-2-4-12(18)5-3-11/h2-7,9H,8H2,1H3,(H,19,20,21). The number of thiophene rings is 1. The lowest BCUT2D eigenvalue weighted by Gasteiger charge is -2.03. The van der Waals surface area contributed by atoms with E-state index in [1.807, 2.05) is 30.3 Å². The molecule has 0 unspecified atom stereocenters. The molecule has 0 radical (unpaired) electrons. The zero-order valence-electron chi connectivity index (χ0n) is 12.8. The van der Waals surface area contributed by atoms with Gasteiger partial charge in [-0.2, -0.15) is 0 Å². The molecule has 1 N–H and O–H groups in total. The maximum absolute atomic E-state index is 5.42. The topological polar surface area (TPSA) is 63.8 Å². The number of nitrogens with one attached hydrogen (secondary N) is 1. The van der Waals surface area contributed by atoms with Crippen LogP contribution in [0.3, 0.4) is 0 Å². The molecule has 0 aliphatic carbocycles. The van der Waals surface area contributed by atoms with Gasteiger partial charge >= 0.3 is 0 Å². The molecule has 4 rings (SSSR count). The highest BCUT2D eigenvalue weighted by atomic mass is 79.9. The Kier molecular flexibility index (Phi) is 4.03. The number of benzene rings is 1. The van der Waals surface area contributed by atoms with Crippen LogP contribution in [-0.2, 0) is 6.54 Å². The first-order valence-electron chi connectivity index (χ1n) is 7.35. The zero-order valence-corrected chi connectivity index (χ0v) is 15.2. The second kappa shape index (κ2) is 6.33. The first-order chi connectivity index (χ1) is 11.7. The SMILES string of the molecule is Cc1cc2c(NCc3cc(-c4ccc(Br)cc4)no3)ncnc2s1. The lowest BCUT2D eigenvalue weighted by molar-refractivity contribution is 0.390. The molecule has 24 heavy (non-hydrogen) atoms. The summed E-state index contributed by atoms with van der Waals surface area (Å²) in [5, 5.41) is 8.47. The van der Waals surface area contributed by atoms with Crippen LogP contribution in [0.25, 0.3) is 21.5 Å². The number of halogens is 1. The van der Waals surface area contributed by atoms with Crippen LogP contribution < -0.4 is 5.32 Å². The predicted molar refractivity (Wildman–Crippen MR) is 99.1 cm³/mol. The maximum Gasteiger partial charge on any atom is 0.156 e. The van der Waals surface area contributed by atoms with Crippen molar-refractivity contribution in [2.24, 2.45) is 0 Å². The number of aryl methyl sites for hydroxylation is 1. The van der Waals surface area contributed by atoms with Crippen LogP contribution in [0.4, 0.5) is 5.82 Å². The van der Waals surface area contributed by atoms with Gasteiger partial charge in [-0.1, -0.05) is 33.2 Å². The first kappa shape index (κ1) is 15.3. The van der Waals surface area contributed by atoms with Crippen LogP contribution in [0.2, 0.25) is 0 Å². The Bertz CT molecular complexity index is 993. The van der Waals surface area contributed by atoms with E-state index in [-0.39, 0.29) is 0 Å². The molecule has 7 heteroatoms. The fourth-order valence-electron chi connectivity index (χ4n) is 2.44. The molecule has 5 nitrogen and oxygen atoms in total. The van der Waals surface area contributed by atoms with Crippen LogP contribution >= 0.6 is 27.3 Å². The van der Waals surface area contributed by atoms with Gasteiger partial charge in [-0.15, -0.1) is 11.3 Å². The molecule has 0 saturated heterocycles. The van der Waals surface area contributed by atoms with Gasteiger partial charge in [0.15, 0.2) is 5.76 Å². The first-order valence-corrected chi connectivity index (χ1v) is 8.96. The summed E-state index contributed by atoms with van der Waals surface area (Å²) in [6, 6.07) is 12.0. The van der Waals surface area contributed by atoms with Gasteiger partial charge in [0.2, 0.25) is 0 Å². The minimum Gasteiger partial charge on any atom is -0.362 e. The Morgan fingerprint density at radius 3 is 2.83 bits per heavy atom. The van der Waals surface area contributed by atoms with Crippen molar-refractivity contribution in [2.45, 2.75) is 13.5 Å². The molecular weight excluding hydrogens is 388 g/mol. The Morgan fingerprint density at radius 2 is 2.00 bits per heavy atom. The summed E-state index contributed by atoms with van der Waals surface area (Å²) in [7, 11) is 0. The van der Waals surface area contributed by atoms with E-state index >= 15 is 0 Å². The van der Waals surface area contributed by atoms with E-state index < -0.39 is 0 Å². The van der Waals surface area contributed by atoms with E-state index in [0.717, 1.165) is 37.5 Å². The normalized spacial score (nSPS) is 11.1. The number of hydrogen-bond donors (Lipinski definition) is 1. The summed E-state index contributed by atoms with van der Waals surface area (Å²) < 4.78 is 6.46. The van der Waals surface area contributed by atoms with Crippen molar-refractivity contribution in [3.8, 4) is 11.3 Å². The number of nitrogens with zero attached hydrogens (tertiary/aromatic N) is 3. The van der Waals surface area contributed by atoms with Crippen LogP contribution in [0.5, 0.6) is 0 Å². The zero-order chi connectivity index (χ0) is 16.5. The molecule has 3 aromatic heterocycles. The third kappa shape index (κ3) is 3.05. The van der Waals surface area contributed by atoms with Crippen LogP contribution in [0, 0.1) is 6.92 Å². The van der Waals surface area contributed by atoms with Crippen molar-refractivity contribution in [1.29, 1.82) is 0 Å². The summed E-state index contributed by atoms with van der Waals surface area (Å²) in [4.78, 5) is 10.8. The Labute approximate surface area is 150 Å². The molecule has 0 aliphatic heterocycles. The molecule has 0 fully saturated rings. The molecule has 120 valence electrons. The third-order valence-electron chi connectivity index (χ3n) is 3.58. The molecule has 0 spiro atoms. The van der Waals surface area contributed by atoms with Gasteiger partial charge in [-0.05, 0) is 25.1 Å². The summed E-state index contributed by atoms with van der Waals surface area (Å²) in [5.41, 5.74) is 1.84. The van der Waals surface area contributed by atoms with Crippen molar-refractivity contribution in [1.82, 2.24) is 15.1 Å². The lowest BCUT2D eigenvalue weighted by Crippen LogP contribution is -2.00. The molecule has 0 amide bonds. The van der Waals surface area contributed by atoms with Gasteiger partial charge in [-0.3, -0.25) is 0 Å². The second-order valence-corrected chi connectivity index (χ2v) is 7.49. The molecule has 0 atom stereocenters. The Hall–Kier alpha value is -2.25. The van der Waals surface area contributed by atoms with Gasteiger partial charge in [0.25, 0.3) is 0 Å². The fraction of sp³-hybridized carbons (Fsp3) is 0.118. The van der Waals surface area contributed by atoms with Crippen LogP contribution in [0.15, 0.2) is 51.7 Å². The predicted octanol–water partition coefficient (Wildman–Crippen LogP) is 5.03. The smallest absolute Gasteiger partial charge is 0.156 e. The van der Waals surface area contributed by atoms with E-state index in [9.17, 15) is 0 Å². The minimum atomic E-state index is 0.518. The van der Waals surface area contributed by atoms with Crippen LogP contribution in [-0.4, -0.2) is 15.1 Å². The highest BCUT2D eigenvalue weighted by Crippen LogP contribution is 2.28. The summed E-state index contributed by atoms with van der Waals surface area (Å²) in [6.45, 7) is 2.58. The largest absolute Gasteiger partial charge is 0.362 e. The number of hydrogen-bond acceptors (Lipinski definition) is 6. The summed E-state index contributed by atoms with van der Waals surface area (Å²) in [5.74, 6) is 1.57. The molecular formula is C17H13BrN4OS.